The van der Waals surface area contributed by atoms with Crippen molar-refractivity contribution in [2.45, 2.75) is 26.8 Å². The molecule has 0 unspecified atom stereocenters. The fourth-order valence-corrected chi connectivity index (χ4v) is 1.83. The van der Waals surface area contributed by atoms with E-state index in [0.717, 1.165) is 13.0 Å². The molecule has 2 heterocycles. The molecule has 0 aliphatic heterocycles. The van der Waals surface area contributed by atoms with Crippen molar-refractivity contribution in [2.75, 3.05) is 0 Å². The summed E-state index contributed by atoms with van der Waals surface area (Å²) in [7, 11) is 0. The van der Waals surface area contributed by atoms with Crippen LogP contribution in [-0.4, -0.2) is 9.55 Å². The molecule has 0 N–H and O–H groups in total. The number of pyridine rings is 1. The number of rotatable bonds is 2. The molecule has 0 saturated carbocycles. The Morgan fingerprint density at radius 1 is 1.38 bits per heavy atom. The molecular weight excluding hydrogens is 160 g/mol. The quantitative estimate of drug-likeness (QED) is 0.684. The second-order valence-corrected chi connectivity index (χ2v) is 3.17. The van der Waals surface area contributed by atoms with Gasteiger partial charge in [-0.2, -0.15) is 0 Å². The zero-order valence-corrected chi connectivity index (χ0v) is 8.12. The Labute approximate surface area is 78.2 Å². The van der Waals surface area contributed by atoms with Crippen molar-refractivity contribution in [3.05, 3.63) is 30.2 Å². The molecule has 0 aliphatic carbocycles. The van der Waals surface area contributed by atoms with Gasteiger partial charge in [-0.3, -0.25) is 4.98 Å². The molecule has 2 rings (SSSR count). The first-order valence-corrected chi connectivity index (χ1v) is 4.79. The highest BCUT2D eigenvalue weighted by Gasteiger charge is 2.04. The molecule has 68 valence electrons. The van der Waals surface area contributed by atoms with E-state index in [1.165, 1.54) is 16.6 Å². The fourth-order valence-electron chi connectivity index (χ4n) is 1.83. The molecule has 2 aromatic rings. The molecule has 0 spiro atoms. The van der Waals surface area contributed by atoms with Crippen molar-refractivity contribution in [2.24, 2.45) is 0 Å². The Balaban J connectivity index is 2.73. The molecule has 0 fully saturated rings. The van der Waals surface area contributed by atoms with Gasteiger partial charge in [0, 0.05) is 30.0 Å². The molecule has 0 atom stereocenters. The van der Waals surface area contributed by atoms with Crippen LogP contribution >= 0.6 is 0 Å². The number of nitrogens with zero attached hydrogens (tertiary/aromatic N) is 2. The molecule has 0 amide bonds. The van der Waals surface area contributed by atoms with Gasteiger partial charge in [-0.05, 0) is 25.5 Å². The summed E-state index contributed by atoms with van der Waals surface area (Å²) in [5.41, 5.74) is 2.69. The number of hydrogen-bond donors (Lipinski definition) is 0. The van der Waals surface area contributed by atoms with E-state index < -0.39 is 0 Å². The van der Waals surface area contributed by atoms with Crippen LogP contribution in [-0.2, 0) is 13.0 Å². The first-order chi connectivity index (χ1) is 6.36. The van der Waals surface area contributed by atoms with Crippen LogP contribution in [0.4, 0.5) is 0 Å². The van der Waals surface area contributed by atoms with Crippen molar-refractivity contribution in [3.63, 3.8) is 0 Å². The average molecular weight is 174 g/mol. The minimum atomic E-state index is 1.04. The van der Waals surface area contributed by atoms with Crippen LogP contribution in [0, 0.1) is 0 Å². The molecule has 2 aromatic heterocycles. The van der Waals surface area contributed by atoms with E-state index in [4.69, 9.17) is 0 Å². The van der Waals surface area contributed by atoms with Gasteiger partial charge in [0.25, 0.3) is 0 Å². The normalized spacial score (nSPS) is 10.9. The summed E-state index contributed by atoms with van der Waals surface area (Å²) in [4.78, 5) is 4.12. The summed E-state index contributed by atoms with van der Waals surface area (Å²) in [6.07, 6.45) is 4.87. The van der Waals surface area contributed by atoms with E-state index in [9.17, 15) is 0 Å². The van der Waals surface area contributed by atoms with Gasteiger partial charge in [-0.25, -0.2) is 0 Å². The first-order valence-electron chi connectivity index (χ1n) is 4.79. The topological polar surface area (TPSA) is 17.8 Å². The monoisotopic (exact) mass is 174 g/mol. The van der Waals surface area contributed by atoms with Crippen LogP contribution in [0.3, 0.4) is 0 Å². The Hall–Kier alpha value is -1.31. The number of hydrogen-bond acceptors (Lipinski definition) is 1. The fraction of sp³-hybridized carbons (Fsp3) is 0.364. The maximum absolute atomic E-state index is 4.12. The highest BCUT2D eigenvalue weighted by atomic mass is 15.0. The van der Waals surface area contributed by atoms with Crippen molar-refractivity contribution < 1.29 is 0 Å². The molecule has 0 bridgehead atoms. The van der Waals surface area contributed by atoms with Gasteiger partial charge in [0.2, 0.25) is 0 Å². The summed E-state index contributed by atoms with van der Waals surface area (Å²) >= 11 is 0. The van der Waals surface area contributed by atoms with Gasteiger partial charge < -0.3 is 4.57 Å². The third-order valence-corrected chi connectivity index (χ3v) is 2.47. The highest BCUT2D eigenvalue weighted by molar-refractivity contribution is 5.80. The standard InChI is InChI=1S/C11H14N2/c1-3-10-7-9-8-12-6-5-11(9)13(10)4-2/h5-8H,3-4H2,1-2H3. The van der Waals surface area contributed by atoms with Gasteiger partial charge in [-0.15, -0.1) is 0 Å². The molecular formula is C11H14N2. The van der Waals surface area contributed by atoms with E-state index in [1.54, 1.807) is 0 Å². The van der Waals surface area contributed by atoms with Gasteiger partial charge in [-0.1, -0.05) is 6.92 Å². The predicted octanol–water partition coefficient (Wildman–Crippen LogP) is 2.62. The van der Waals surface area contributed by atoms with Gasteiger partial charge in [0.1, 0.15) is 0 Å². The van der Waals surface area contributed by atoms with Gasteiger partial charge in [0.05, 0.1) is 5.52 Å². The minimum Gasteiger partial charge on any atom is -0.345 e. The average Bonchev–Trinajstić information content (AvgIpc) is 2.55. The van der Waals surface area contributed by atoms with E-state index >= 15 is 0 Å². The predicted molar refractivity (Wildman–Crippen MR) is 54.8 cm³/mol. The smallest absolute Gasteiger partial charge is 0.0513 e. The molecule has 0 aliphatic rings. The van der Waals surface area contributed by atoms with E-state index in [0.29, 0.717) is 0 Å². The van der Waals surface area contributed by atoms with Crippen molar-refractivity contribution in [1.82, 2.24) is 9.55 Å². The molecule has 0 radical (unpaired) electrons. The third kappa shape index (κ3) is 1.22. The lowest BCUT2D eigenvalue weighted by molar-refractivity contribution is 0.746. The van der Waals surface area contributed by atoms with Crippen LogP contribution in [0.15, 0.2) is 24.5 Å². The lowest BCUT2D eigenvalue weighted by atomic mass is 10.3. The van der Waals surface area contributed by atoms with E-state index in [1.807, 2.05) is 12.4 Å². The molecule has 0 aromatic carbocycles. The van der Waals surface area contributed by atoms with Gasteiger partial charge >= 0.3 is 0 Å². The van der Waals surface area contributed by atoms with Crippen LogP contribution in [0.5, 0.6) is 0 Å². The van der Waals surface area contributed by atoms with Crippen molar-refractivity contribution in [1.29, 1.82) is 0 Å². The lowest BCUT2D eigenvalue weighted by Gasteiger charge is -2.04. The molecule has 13 heavy (non-hydrogen) atoms. The third-order valence-electron chi connectivity index (χ3n) is 2.47. The van der Waals surface area contributed by atoms with Crippen molar-refractivity contribution in [3.8, 4) is 0 Å². The summed E-state index contributed by atoms with van der Waals surface area (Å²) in [6, 6.07) is 4.31. The summed E-state index contributed by atoms with van der Waals surface area (Å²) in [6.45, 7) is 5.41. The van der Waals surface area contributed by atoms with Crippen LogP contribution < -0.4 is 0 Å². The minimum absolute atomic E-state index is 1.04. The van der Waals surface area contributed by atoms with E-state index in [-0.39, 0.29) is 0 Å². The lowest BCUT2D eigenvalue weighted by Crippen LogP contribution is -1.98. The molecule has 0 saturated heterocycles. The van der Waals surface area contributed by atoms with Gasteiger partial charge in [0.15, 0.2) is 0 Å². The van der Waals surface area contributed by atoms with E-state index in [2.05, 4.69) is 35.5 Å². The van der Waals surface area contributed by atoms with Crippen LogP contribution in [0.1, 0.15) is 19.5 Å². The molecule has 2 heteroatoms. The van der Waals surface area contributed by atoms with Crippen molar-refractivity contribution >= 4 is 10.9 Å². The SMILES string of the molecule is CCc1cc2cnccc2n1CC. The number of aryl methyl sites for hydroxylation is 2. The Morgan fingerprint density at radius 2 is 2.23 bits per heavy atom. The van der Waals surface area contributed by atoms with Crippen LogP contribution in [0.2, 0.25) is 0 Å². The summed E-state index contributed by atoms with van der Waals surface area (Å²) in [5, 5.41) is 1.25. The first kappa shape index (κ1) is 8.30. The second-order valence-electron chi connectivity index (χ2n) is 3.17. The zero-order chi connectivity index (χ0) is 9.26. The summed E-state index contributed by atoms with van der Waals surface area (Å²) in [5.74, 6) is 0. The number of aromatic nitrogens is 2. The summed E-state index contributed by atoms with van der Waals surface area (Å²) < 4.78 is 2.34. The zero-order valence-electron chi connectivity index (χ0n) is 8.12. The highest BCUT2D eigenvalue weighted by Crippen LogP contribution is 2.18. The Kier molecular flexibility index (Phi) is 2.05. The maximum atomic E-state index is 4.12. The Bertz CT molecular complexity index is 415. The maximum Gasteiger partial charge on any atom is 0.0513 e. The number of fused-ring (bicyclic) bond motifs is 1. The van der Waals surface area contributed by atoms with Crippen LogP contribution in [0.25, 0.3) is 10.9 Å². The Morgan fingerprint density at radius 3 is 2.92 bits per heavy atom. The molecule has 2 nitrogen and oxygen atoms in total. The second kappa shape index (κ2) is 3.21. The largest absolute Gasteiger partial charge is 0.345 e.